The number of aromatic nitrogens is 2. The van der Waals surface area contributed by atoms with Crippen molar-refractivity contribution in [3.8, 4) is 0 Å². The van der Waals surface area contributed by atoms with Crippen molar-refractivity contribution in [2.75, 3.05) is 13.6 Å². The van der Waals surface area contributed by atoms with Gasteiger partial charge in [-0.1, -0.05) is 13.8 Å². The summed E-state index contributed by atoms with van der Waals surface area (Å²) in [5.41, 5.74) is 3.23. The van der Waals surface area contributed by atoms with Crippen LogP contribution in [0.5, 0.6) is 0 Å². The molecule has 0 aliphatic rings. The summed E-state index contributed by atoms with van der Waals surface area (Å²) in [7, 11) is 1.55. The molecule has 6 nitrogen and oxygen atoms in total. The van der Waals surface area contributed by atoms with Gasteiger partial charge in [-0.3, -0.25) is 14.3 Å². The average Bonchev–Trinajstić information content (AvgIpc) is 2.68. The molecule has 0 spiro atoms. The molecule has 0 atom stereocenters. The summed E-state index contributed by atoms with van der Waals surface area (Å²) >= 11 is 0. The lowest BCUT2D eigenvalue weighted by atomic mass is 10.1. The van der Waals surface area contributed by atoms with Crippen molar-refractivity contribution < 1.29 is 9.59 Å². The standard InChI is InChI=1S/C15H26N4O2/c1-10(2)9-19-12(4)13(11(3)18-19)6-7-14(20)17-8-15(21)16-5/h10H,6-9H2,1-5H3,(H,16,21)(H,17,20). The highest BCUT2D eigenvalue weighted by Crippen LogP contribution is 2.16. The average molecular weight is 294 g/mol. The number of hydrogen-bond donors (Lipinski definition) is 2. The highest BCUT2D eigenvalue weighted by molar-refractivity contribution is 5.84. The Balaban J connectivity index is 2.57. The lowest BCUT2D eigenvalue weighted by molar-refractivity contribution is -0.125. The van der Waals surface area contributed by atoms with E-state index >= 15 is 0 Å². The molecule has 21 heavy (non-hydrogen) atoms. The molecule has 1 rings (SSSR count). The largest absolute Gasteiger partial charge is 0.358 e. The van der Waals surface area contributed by atoms with Crippen molar-refractivity contribution in [2.24, 2.45) is 5.92 Å². The normalized spacial score (nSPS) is 10.8. The smallest absolute Gasteiger partial charge is 0.239 e. The van der Waals surface area contributed by atoms with Gasteiger partial charge in [-0.05, 0) is 31.7 Å². The number of carbonyl (C=O) groups excluding carboxylic acids is 2. The third-order valence-electron chi connectivity index (χ3n) is 3.40. The summed E-state index contributed by atoms with van der Waals surface area (Å²) in [5.74, 6) is 0.223. The monoisotopic (exact) mass is 294 g/mol. The van der Waals surface area contributed by atoms with E-state index < -0.39 is 0 Å². The van der Waals surface area contributed by atoms with Crippen LogP contribution in [0.4, 0.5) is 0 Å². The Bertz CT molecular complexity index is 506. The van der Waals surface area contributed by atoms with Crippen LogP contribution in [0, 0.1) is 19.8 Å². The third-order valence-corrected chi connectivity index (χ3v) is 3.40. The Morgan fingerprint density at radius 3 is 2.48 bits per heavy atom. The number of hydrogen-bond acceptors (Lipinski definition) is 3. The van der Waals surface area contributed by atoms with Gasteiger partial charge in [-0.2, -0.15) is 5.10 Å². The number of nitrogens with zero attached hydrogens (tertiary/aromatic N) is 2. The second kappa shape index (κ2) is 7.81. The quantitative estimate of drug-likeness (QED) is 0.786. The Morgan fingerprint density at radius 1 is 1.24 bits per heavy atom. The summed E-state index contributed by atoms with van der Waals surface area (Å²) in [6.07, 6.45) is 1.02. The minimum atomic E-state index is -0.194. The predicted octanol–water partition coefficient (Wildman–Crippen LogP) is 0.951. The Hall–Kier alpha value is -1.85. The van der Waals surface area contributed by atoms with Crippen LogP contribution in [0.3, 0.4) is 0 Å². The maximum absolute atomic E-state index is 11.7. The zero-order valence-electron chi connectivity index (χ0n) is 13.6. The molecule has 0 radical (unpaired) electrons. The summed E-state index contributed by atoms with van der Waals surface area (Å²) < 4.78 is 2.01. The van der Waals surface area contributed by atoms with E-state index in [2.05, 4.69) is 29.6 Å². The number of amides is 2. The van der Waals surface area contributed by atoms with Gasteiger partial charge in [0.2, 0.25) is 11.8 Å². The number of rotatable bonds is 7. The Kier molecular flexibility index (Phi) is 6.39. The molecule has 0 aromatic carbocycles. The molecule has 0 bridgehead atoms. The zero-order chi connectivity index (χ0) is 16.0. The molecule has 0 saturated carbocycles. The van der Waals surface area contributed by atoms with Crippen LogP contribution in [0.1, 0.15) is 37.2 Å². The number of likely N-dealkylation sites (N-methyl/N-ethyl adjacent to an activating group) is 1. The van der Waals surface area contributed by atoms with Gasteiger partial charge < -0.3 is 10.6 Å². The fourth-order valence-corrected chi connectivity index (χ4v) is 2.21. The molecule has 6 heteroatoms. The molecule has 0 aliphatic heterocycles. The molecule has 1 aromatic rings. The SMILES string of the molecule is CNC(=O)CNC(=O)CCc1c(C)nn(CC(C)C)c1C. The lowest BCUT2D eigenvalue weighted by Gasteiger charge is -2.08. The van der Waals surface area contributed by atoms with Crippen LogP contribution in [0.2, 0.25) is 0 Å². The van der Waals surface area contributed by atoms with E-state index in [1.165, 1.54) is 0 Å². The minimum absolute atomic E-state index is 0.0277. The molecular formula is C15H26N4O2. The first-order valence-electron chi connectivity index (χ1n) is 7.35. The molecule has 1 aromatic heterocycles. The Morgan fingerprint density at radius 2 is 1.90 bits per heavy atom. The van der Waals surface area contributed by atoms with Gasteiger partial charge in [0.1, 0.15) is 0 Å². The van der Waals surface area contributed by atoms with Crippen LogP contribution >= 0.6 is 0 Å². The second-order valence-electron chi connectivity index (χ2n) is 5.68. The second-order valence-corrected chi connectivity index (χ2v) is 5.68. The van der Waals surface area contributed by atoms with Gasteiger partial charge in [0.25, 0.3) is 0 Å². The van der Waals surface area contributed by atoms with E-state index in [0.717, 1.165) is 23.5 Å². The molecule has 2 N–H and O–H groups in total. The number of nitrogens with one attached hydrogen (secondary N) is 2. The van der Waals surface area contributed by atoms with Crippen LogP contribution in [0.25, 0.3) is 0 Å². The predicted molar refractivity (Wildman–Crippen MR) is 81.9 cm³/mol. The summed E-state index contributed by atoms with van der Waals surface area (Å²) in [6, 6.07) is 0. The van der Waals surface area contributed by atoms with Crippen LogP contribution in [-0.4, -0.2) is 35.2 Å². The third kappa shape index (κ3) is 5.21. The fraction of sp³-hybridized carbons (Fsp3) is 0.667. The van der Waals surface area contributed by atoms with Crippen molar-refractivity contribution in [1.82, 2.24) is 20.4 Å². The van der Waals surface area contributed by atoms with Gasteiger partial charge >= 0.3 is 0 Å². The van der Waals surface area contributed by atoms with Crippen molar-refractivity contribution in [3.05, 3.63) is 17.0 Å². The Labute approximate surface area is 126 Å². The lowest BCUT2D eigenvalue weighted by Crippen LogP contribution is -2.35. The van der Waals surface area contributed by atoms with E-state index in [9.17, 15) is 9.59 Å². The van der Waals surface area contributed by atoms with Crippen molar-refractivity contribution >= 4 is 11.8 Å². The van der Waals surface area contributed by atoms with E-state index in [0.29, 0.717) is 18.8 Å². The molecule has 0 aliphatic carbocycles. The van der Waals surface area contributed by atoms with Crippen molar-refractivity contribution in [3.63, 3.8) is 0 Å². The molecule has 1 heterocycles. The van der Waals surface area contributed by atoms with E-state index in [1.54, 1.807) is 7.05 Å². The maximum atomic E-state index is 11.7. The van der Waals surface area contributed by atoms with Gasteiger partial charge in [-0.15, -0.1) is 0 Å². The van der Waals surface area contributed by atoms with Gasteiger partial charge in [0, 0.05) is 25.7 Å². The van der Waals surface area contributed by atoms with E-state index in [4.69, 9.17) is 0 Å². The first-order valence-corrected chi connectivity index (χ1v) is 7.35. The van der Waals surface area contributed by atoms with E-state index in [-0.39, 0.29) is 18.4 Å². The maximum Gasteiger partial charge on any atom is 0.239 e. The molecule has 0 unspecified atom stereocenters. The van der Waals surface area contributed by atoms with Gasteiger partial charge in [-0.25, -0.2) is 0 Å². The van der Waals surface area contributed by atoms with E-state index in [1.807, 2.05) is 18.5 Å². The first kappa shape index (κ1) is 17.2. The highest BCUT2D eigenvalue weighted by Gasteiger charge is 2.14. The number of aryl methyl sites for hydroxylation is 1. The van der Waals surface area contributed by atoms with Crippen LogP contribution < -0.4 is 10.6 Å². The van der Waals surface area contributed by atoms with Crippen LogP contribution in [-0.2, 0) is 22.6 Å². The number of carbonyl (C=O) groups is 2. The topological polar surface area (TPSA) is 76.0 Å². The minimum Gasteiger partial charge on any atom is -0.358 e. The fourth-order valence-electron chi connectivity index (χ4n) is 2.21. The van der Waals surface area contributed by atoms with Crippen molar-refractivity contribution in [1.29, 1.82) is 0 Å². The van der Waals surface area contributed by atoms with Crippen molar-refractivity contribution in [2.45, 2.75) is 47.1 Å². The molecule has 0 saturated heterocycles. The first-order chi connectivity index (χ1) is 9.85. The summed E-state index contributed by atoms with van der Waals surface area (Å²) in [6.45, 7) is 9.24. The van der Waals surface area contributed by atoms with Gasteiger partial charge in [0.05, 0.1) is 12.2 Å². The molecule has 118 valence electrons. The summed E-state index contributed by atoms with van der Waals surface area (Å²) in [4.78, 5) is 22.8. The van der Waals surface area contributed by atoms with Crippen LogP contribution in [0.15, 0.2) is 0 Å². The molecule has 2 amide bonds. The van der Waals surface area contributed by atoms with Gasteiger partial charge in [0.15, 0.2) is 0 Å². The molecule has 0 fully saturated rings. The summed E-state index contributed by atoms with van der Waals surface area (Å²) in [5, 5.41) is 9.61. The highest BCUT2D eigenvalue weighted by atomic mass is 16.2. The zero-order valence-corrected chi connectivity index (χ0v) is 13.6. The molecular weight excluding hydrogens is 268 g/mol.